The minimum absolute atomic E-state index is 0.925. The Labute approximate surface area is 292 Å². The van der Waals surface area contributed by atoms with Crippen LogP contribution in [0.1, 0.15) is 0 Å². The first-order valence-electron chi connectivity index (χ1n) is 17.7. The molecule has 1 heterocycles. The van der Waals surface area contributed by atoms with E-state index in [0.717, 1.165) is 32.9 Å². The predicted octanol–water partition coefficient (Wildman–Crippen LogP) is 14.4. The van der Waals surface area contributed by atoms with E-state index in [2.05, 4.69) is 170 Å². The SMILES string of the molecule is c1ccc2c(c1)ccc1c2oc2c(-c3cc4ccccc4c4c3ccc3ccccc34)ccc(-c3ccc4ccc5cccc6ccc3c4c56)c21. The molecule has 12 rings (SSSR count). The number of hydrogen-bond acceptors (Lipinski definition) is 1. The van der Waals surface area contributed by atoms with Gasteiger partial charge in [0.05, 0.1) is 0 Å². The van der Waals surface area contributed by atoms with E-state index in [4.69, 9.17) is 4.42 Å². The molecule has 11 aromatic carbocycles. The molecule has 0 saturated heterocycles. The van der Waals surface area contributed by atoms with Crippen LogP contribution in [-0.2, 0) is 0 Å². The monoisotopic (exact) mass is 644 g/mol. The molecule has 1 nitrogen and oxygen atoms in total. The highest BCUT2D eigenvalue weighted by Crippen LogP contribution is 2.48. The number of fused-ring (bicyclic) bond motifs is 10. The zero-order valence-electron chi connectivity index (χ0n) is 27.6. The predicted molar refractivity (Wildman–Crippen MR) is 218 cm³/mol. The van der Waals surface area contributed by atoms with Crippen LogP contribution in [0.5, 0.6) is 0 Å². The second-order valence-electron chi connectivity index (χ2n) is 14.0. The molecule has 0 fully saturated rings. The van der Waals surface area contributed by atoms with E-state index in [-0.39, 0.29) is 0 Å². The van der Waals surface area contributed by atoms with Crippen LogP contribution in [0.2, 0.25) is 0 Å². The second kappa shape index (κ2) is 9.94. The van der Waals surface area contributed by atoms with E-state index < -0.39 is 0 Å². The van der Waals surface area contributed by atoms with Gasteiger partial charge < -0.3 is 4.42 Å². The fourth-order valence-electron chi connectivity index (χ4n) is 9.11. The van der Waals surface area contributed by atoms with E-state index in [0.29, 0.717) is 0 Å². The Balaban J connectivity index is 1.25. The molecule has 51 heavy (non-hydrogen) atoms. The highest BCUT2D eigenvalue weighted by molar-refractivity contribution is 6.30. The Morgan fingerprint density at radius 3 is 1.53 bits per heavy atom. The van der Waals surface area contributed by atoms with Gasteiger partial charge in [0, 0.05) is 21.7 Å². The Kier molecular flexibility index (Phi) is 5.29. The van der Waals surface area contributed by atoms with Crippen molar-refractivity contribution >= 4 is 97.3 Å². The molecule has 12 aromatic rings. The molecule has 0 amide bonds. The third-order valence-corrected chi connectivity index (χ3v) is 11.4. The van der Waals surface area contributed by atoms with Gasteiger partial charge in [-0.05, 0) is 105 Å². The third kappa shape index (κ3) is 3.65. The van der Waals surface area contributed by atoms with Crippen molar-refractivity contribution in [2.45, 2.75) is 0 Å². The molecule has 1 heteroatoms. The summed E-state index contributed by atoms with van der Waals surface area (Å²) >= 11 is 0. The summed E-state index contributed by atoms with van der Waals surface area (Å²) in [4.78, 5) is 0. The van der Waals surface area contributed by atoms with Gasteiger partial charge in [0.2, 0.25) is 0 Å². The van der Waals surface area contributed by atoms with Crippen molar-refractivity contribution in [2.24, 2.45) is 0 Å². The van der Waals surface area contributed by atoms with E-state index in [1.807, 2.05) is 0 Å². The molecular formula is C50H28O. The first kappa shape index (κ1) is 27.2. The smallest absolute Gasteiger partial charge is 0.143 e. The molecule has 234 valence electrons. The Bertz CT molecular complexity index is 3380. The maximum Gasteiger partial charge on any atom is 0.143 e. The average molecular weight is 645 g/mol. The van der Waals surface area contributed by atoms with Crippen molar-refractivity contribution in [3.8, 4) is 22.3 Å². The molecule has 0 atom stereocenters. The summed E-state index contributed by atoms with van der Waals surface area (Å²) < 4.78 is 7.19. The molecule has 1 aromatic heterocycles. The van der Waals surface area contributed by atoms with Crippen molar-refractivity contribution in [1.29, 1.82) is 0 Å². The molecular weight excluding hydrogens is 617 g/mol. The quantitative estimate of drug-likeness (QED) is 0.171. The van der Waals surface area contributed by atoms with Crippen molar-refractivity contribution in [3.05, 3.63) is 170 Å². The maximum atomic E-state index is 7.19. The van der Waals surface area contributed by atoms with Crippen LogP contribution in [0.25, 0.3) is 120 Å². The van der Waals surface area contributed by atoms with Crippen LogP contribution in [0, 0.1) is 0 Å². The molecule has 0 aliphatic rings. The van der Waals surface area contributed by atoms with Crippen LogP contribution in [-0.4, -0.2) is 0 Å². The van der Waals surface area contributed by atoms with Crippen molar-refractivity contribution < 1.29 is 4.42 Å². The van der Waals surface area contributed by atoms with E-state index in [1.54, 1.807) is 0 Å². The van der Waals surface area contributed by atoms with Gasteiger partial charge in [-0.25, -0.2) is 0 Å². The maximum absolute atomic E-state index is 7.19. The molecule has 0 N–H and O–H groups in total. The van der Waals surface area contributed by atoms with Gasteiger partial charge in [0.25, 0.3) is 0 Å². The second-order valence-corrected chi connectivity index (χ2v) is 14.0. The third-order valence-electron chi connectivity index (χ3n) is 11.4. The van der Waals surface area contributed by atoms with Crippen LogP contribution in [0.3, 0.4) is 0 Å². The summed E-state index contributed by atoms with van der Waals surface area (Å²) in [5.41, 5.74) is 6.57. The largest absolute Gasteiger partial charge is 0.455 e. The highest BCUT2D eigenvalue weighted by Gasteiger charge is 2.22. The standard InChI is InChI=1S/C50H28O/c1-4-13-35-29(8-1)18-23-41-44(28-34-10-3-5-14-36(34)47(35)41)42-27-26-40(48-43-25-19-30-9-2-6-15-37(30)49(43)51-50(42)48)38-22-20-33-17-16-31-11-7-12-32-21-24-39(38)46(33)45(31)32/h1-28H. The Morgan fingerprint density at radius 2 is 0.745 bits per heavy atom. The lowest BCUT2D eigenvalue weighted by molar-refractivity contribution is 0.674. The lowest BCUT2D eigenvalue weighted by Gasteiger charge is -2.16. The van der Waals surface area contributed by atoms with E-state index in [9.17, 15) is 0 Å². The minimum atomic E-state index is 0.925. The summed E-state index contributed by atoms with van der Waals surface area (Å²) in [5, 5.41) is 19.9. The minimum Gasteiger partial charge on any atom is -0.455 e. The summed E-state index contributed by atoms with van der Waals surface area (Å²) in [5.74, 6) is 0. The van der Waals surface area contributed by atoms with Gasteiger partial charge >= 0.3 is 0 Å². The van der Waals surface area contributed by atoms with Crippen LogP contribution in [0.15, 0.2) is 174 Å². The van der Waals surface area contributed by atoms with Crippen LogP contribution in [0.4, 0.5) is 0 Å². The molecule has 0 aliphatic carbocycles. The number of rotatable bonds is 2. The molecule has 0 unspecified atom stereocenters. The van der Waals surface area contributed by atoms with Crippen LogP contribution >= 0.6 is 0 Å². The van der Waals surface area contributed by atoms with Crippen molar-refractivity contribution in [1.82, 2.24) is 0 Å². The van der Waals surface area contributed by atoms with Gasteiger partial charge in [-0.2, -0.15) is 0 Å². The molecule has 0 radical (unpaired) electrons. The van der Waals surface area contributed by atoms with E-state index in [1.165, 1.54) is 86.7 Å². The summed E-state index contributed by atoms with van der Waals surface area (Å²) in [7, 11) is 0. The number of furan rings is 1. The average Bonchev–Trinajstić information content (AvgIpc) is 3.60. The topological polar surface area (TPSA) is 13.1 Å². The van der Waals surface area contributed by atoms with Gasteiger partial charge in [-0.15, -0.1) is 0 Å². The fraction of sp³-hybridized carbons (Fsp3) is 0. The molecule has 0 spiro atoms. The Hall–Kier alpha value is -6.70. The Morgan fingerprint density at radius 1 is 0.235 bits per heavy atom. The lowest BCUT2D eigenvalue weighted by atomic mass is 9.86. The summed E-state index contributed by atoms with van der Waals surface area (Å²) in [6.07, 6.45) is 0. The highest BCUT2D eigenvalue weighted by atomic mass is 16.3. The van der Waals surface area contributed by atoms with Gasteiger partial charge in [0.1, 0.15) is 11.2 Å². The van der Waals surface area contributed by atoms with Crippen LogP contribution < -0.4 is 0 Å². The molecule has 0 aliphatic heterocycles. The van der Waals surface area contributed by atoms with Gasteiger partial charge in [-0.3, -0.25) is 0 Å². The normalized spacial score (nSPS) is 12.3. The van der Waals surface area contributed by atoms with Gasteiger partial charge in [-0.1, -0.05) is 152 Å². The van der Waals surface area contributed by atoms with Crippen molar-refractivity contribution in [3.63, 3.8) is 0 Å². The van der Waals surface area contributed by atoms with E-state index >= 15 is 0 Å². The first-order valence-corrected chi connectivity index (χ1v) is 17.7. The van der Waals surface area contributed by atoms with Gasteiger partial charge in [0.15, 0.2) is 0 Å². The molecule has 0 saturated carbocycles. The summed E-state index contributed by atoms with van der Waals surface area (Å²) in [6, 6.07) is 62.5. The van der Waals surface area contributed by atoms with Crippen molar-refractivity contribution in [2.75, 3.05) is 0 Å². The summed E-state index contributed by atoms with van der Waals surface area (Å²) in [6.45, 7) is 0. The zero-order valence-corrected chi connectivity index (χ0v) is 27.6. The first-order chi connectivity index (χ1) is 25.3. The lowest BCUT2D eigenvalue weighted by Crippen LogP contribution is -1.90. The zero-order chi connectivity index (χ0) is 33.2. The molecule has 0 bridgehead atoms. The fourth-order valence-corrected chi connectivity index (χ4v) is 9.11. The number of benzene rings is 11. The number of hydrogen-bond donors (Lipinski definition) is 0.